The smallest absolute Gasteiger partial charge is 0.338 e. The molecule has 1 aromatic heterocycles. The van der Waals surface area contributed by atoms with Crippen molar-refractivity contribution in [2.45, 2.75) is 13.0 Å². The number of thiocarbonyl (C=S) groups is 1. The molecule has 0 aliphatic carbocycles. The molecule has 2 aromatic carbocycles. The van der Waals surface area contributed by atoms with Gasteiger partial charge in [0.2, 0.25) is 0 Å². The summed E-state index contributed by atoms with van der Waals surface area (Å²) in [6.45, 7) is 2.33. The number of esters is 1. The first-order valence-corrected chi connectivity index (χ1v) is 11.1. The Kier molecular flexibility index (Phi) is 7.08. The van der Waals surface area contributed by atoms with Gasteiger partial charge in [0.1, 0.15) is 6.61 Å². The molecule has 1 aliphatic rings. The lowest BCUT2D eigenvalue weighted by atomic mass is 9.94. The fraction of sp³-hybridized carbons (Fsp3) is 0.208. The highest BCUT2D eigenvalue weighted by atomic mass is 35.5. The number of imidazole rings is 1. The predicted octanol–water partition coefficient (Wildman–Crippen LogP) is 4.43. The number of halogens is 1. The number of aromatic nitrogens is 2. The van der Waals surface area contributed by atoms with Gasteiger partial charge in [-0.2, -0.15) is 0 Å². The Labute approximate surface area is 202 Å². The molecule has 0 radical (unpaired) electrons. The van der Waals surface area contributed by atoms with Crippen LogP contribution in [-0.2, 0) is 14.3 Å². The molecule has 1 aliphatic heterocycles. The summed E-state index contributed by atoms with van der Waals surface area (Å²) in [5.41, 5.74) is 3.81. The summed E-state index contributed by atoms with van der Waals surface area (Å²) in [6, 6.07) is 14.7. The van der Waals surface area contributed by atoms with Crippen LogP contribution in [0.25, 0.3) is 5.69 Å². The SMILES string of the molecule is COCCOC(=O)C1=C(C)N(c2ccc(Cl)cc2)C(=S)N[C@@H]1c1ccc(-n2ccnc2)cc1. The van der Waals surface area contributed by atoms with Gasteiger partial charge in [0.15, 0.2) is 5.11 Å². The van der Waals surface area contributed by atoms with E-state index in [0.29, 0.717) is 28.0 Å². The van der Waals surface area contributed by atoms with Crippen LogP contribution in [0.15, 0.2) is 78.5 Å². The molecule has 170 valence electrons. The number of anilines is 1. The van der Waals surface area contributed by atoms with Gasteiger partial charge in [0.25, 0.3) is 0 Å². The van der Waals surface area contributed by atoms with Gasteiger partial charge in [0.05, 0.1) is 24.5 Å². The second kappa shape index (κ2) is 10.2. The third-order valence-corrected chi connectivity index (χ3v) is 5.89. The third-order valence-electron chi connectivity index (χ3n) is 5.34. The van der Waals surface area contributed by atoms with Crippen LogP contribution in [0.5, 0.6) is 0 Å². The van der Waals surface area contributed by atoms with E-state index in [9.17, 15) is 4.79 Å². The Morgan fingerprint density at radius 2 is 1.82 bits per heavy atom. The standard InChI is InChI=1S/C24H23ClN4O3S/c1-16-21(23(30)32-14-13-31-2)22(17-3-7-19(8-4-17)28-12-11-26-15-28)27-24(33)29(16)20-9-5-18(25)6-10-20/h3-12,15,22H,13-14H2,1-2H3,(H,27,33)/t22-/m1/s1. The molecular formula is C24H23ClN4O3S. The van der Waals surface area contributed by atoms with Gasteiger partial charge in [-0.25, -0.2) is 9.78 Å². The molecule has 3 aromatic rings. The first-order chi connectivity index (χ1) is 16.0. The number of hydrogen-bond acceptors (Lipinski definition) is 5. The van der Waals surface area contributed by atoms with Gasteiger partial charge >= 0.3 is 5.97 Å². The number of allylic oxidation sites excluding steroid dienone is 1. The minimum absolute atomic E-state index is 0.157. The van der Waals surface area contributed by atoms with Crippen LogP contribution in [0.3, 0.4) is 0 Å². The topological polar surface area (TPSA) is 68.6 Å². The fourth-order valence-corrected chi connectivity index (χ4v) is 4.19. The summed E-state index contributed by atoms with van der Waals surface area (Å²) in [5, 5.41) is 4.41. The Balaban J connectivity index is 1.72. The third kappa shape index (κ3) is 4.93. The second-order valence-corrected chi connectivity index (χ2v) is 8.21. The van der Waals surface area contributed by atoms with Crippen LogP contribution in [0.2, 0.25) is 5.02 Å². The molecule has 0 saturated carbocycles. The average molecular weight is 483 g/mol. The molecule has 0 spiro atoms. The van der Waals surface area contributed by atoms with E-state index in [1.165, 1.54) is 0 Å². The van der Waals surface area contributed by atoms with Crippen molar-refractivity contribution in [2.75, 3.05) is 25.2 Å². The predicted molar refractivity (Wildman–Crippen MR) is 132 cm³/mol. The van der Waals surface area contributed by atoms with E-state index >= 15 is 0 Å². The second-order valence-electron chi connectivity index (χ2n) is 7.38. The van der Waals surface area contributed by atoms with Gasteiger partial charge in [-0.15, -0.1) is 0 Å². The van der Waals surface area contributed by atoms with E-state index in [-0.39, 0.29) is 6.61 Å². The van der Waals surface area contributed by atoms with Crippen molar-refractivity contribution in [1.29, 1.82) is 0 Å². The highest BCUT2D eigenvalue weighted by Gasteiger charge is 2.35. The number of hydrogen-bond donors (Lipinski definition) is 1. The van der Waals surface area contributed by atoms with E-state index in [1.807, 2.05) is 59.0 Å². The molecule has 33 heavy (non-hydrogen) atoms. The molecule has 1 atom stereocenters. The van der Waals surface area contributed by atoms with Crippen molar-refractivity contribution >= 4 is 40.6 Å². The molecule has 4 rings (SSSR count). The van der Waals surface area contributed by atoms with Gasteiger partial charge in [-0.1, -0.05) is 23.7 Å². The maximum absolute atomic E-state index is 13.2. The Morgan fingerprint density at radius 1 is 1.12 bits per heavy atom. The van der Waals surface area contributed by atoms with Crippen LogP contribution in [0.4, 0.5) is 5.69 Å². The van der Waals surface area contributed by atoms with Crippen LogP contribution >= 0.6 is 23.8 Å². The summed E-state index contributed by atoms with van der Waals surface area (Å²) in [4.78, 5) is 19.1. The highest BCUT2D eigenvalue weighted by molar-refractivity contribution is 7.80. The van der Waals surface area contributed by atoms with Crippen LogP contribution in [-0.4, -0.2) is 41.0 Å². The summed E-state index contributed by atoms with van der Waals surface area (Å²) < 4.78 is 12.4. The lowest BCUT2D eigenvalue weighted by molar-refractivity contribution is -0.140. The van der Waals surface area contributed by atoms with Crippen molar-refractivity contribution in [2.24, 2.45) is 0 Å². The van der Waals surface area contributed by atoms with Crippen molar-refractivity contribution in [3.8, 4) is 5.69 Å². The van der Waals surface area contributed by atoms with E-state index in [2.05, 4.69) is 10.3 Å². The normalized spacial score (nSPS) is 16.0. The van der Waals surface area contributed by atoms with Gasteiger partial charge in [0, 0.05) is 41.6 Å². The van der Waals surface area contributed by atoms with E-state index in [4.69, 9.17) is 33.3 Å². The monoisotopic (exact) mass is 482 g/mol. The number of ether oxygens (including phenoxy) is 2. The number of carbonyl (C=O) groups is 1. The zero-order valence-corrected chi connectivity index (χ0v) is 19.8. The van der Waals surface area contributed by atoms with Crippen molar-refractivity contribution < 1.29 is 14.3 Å². The maximum atomic E-state index is 13.2. The molecule has 0 amide bonds. The minimum atomic E-state index is -0.465. The zero-order valence-electron chi connectivity index (χ0n) is 18.2. The molecule has 0 fully saturated rings. The number of carbonyl (C=O) groups excluding carboxylic acids is 1. The number of nitrogens with one attached hydrogen (secondary N) is 1. The summed E-state index contributed by atoms with van der Waals surface area (Å²) in [5.74, 6) is -0.429. The van der Waals surface area contributed by atoms with Gasteiger partial charge in [-0.3, -0.25) is 4.90 Å². The van der Waals surface area contributed by atoms with Crippen molar-refractivity contribution in [3.63, 3.8) is 0 Å². The largest absolute Gasteiger partial charge is 0.460 e. The van der Waals surface area contributed by atoms with E-state index in [0.717, 1.165) is 16.9 Å². The Morgan fingerprint density at radius 3 is 2.45 bits per heavy atom. The molecule has 1 N–H and O–H groups in total. The lowest BCUT2D eigenvalue weighted by Gasteiger charge is -2.37. The van der Waals surface area contributed by atoms with E-state index in [1.54, 1.807) is 31.8 Å². The van der Waals surface area contributed by atoms with Crippen LogP contribution in [0, 0.1) is 0 Å². The van der Waals surface area contributed by atoms with Crippen LogP contribution < -0.4 is 10.2 Å². The Hall–Kier alpha value is -3.20. The zero-order chi connectivity index (χ0) is 23.4. The number of benzene rings is 2. The molecule has 0 unspecified atom stereocenters. The molecule has 0 saturated heterocycles. The summed E-state index contributed by atoms with van der Waals surface area (Å²) in [6.07, 6.45) is 5.33. The van der Waals surface area contributed by atoms with Gasteiger partial charge < -0.3 is 19.4 Å². The summed E-state index contributed by atoms with van der Waals surface area (Å²) in [7, 11) is 1.56. The summed E-state index contributed by atoms with van der Waals surface area (Å²) >= 11 is 11.8. The maximum Gasteiger partial charge on any atom is 0.338 e. The van der Waals surface area contributed by atoms with Crippen LogP contribution in [0.1, 0.15) is 18.5 Å². The first kappa shape index (κ1) is 23.0. The molecular weight excluding hydrogens is 460 g/mol. The molecule has 2 heterocycles. The molecule has 9 heteroatoms. The fourth-order valence-electron chi connectivity index (χ4n) is 3.70. The Bertz CT molecular complexity index is 1160. The minimum Gasteiger partial charge on any atom is -0.460 e. The van der Waals surface area contributed by atoms with E-state index < -0.39 is 12.0 Å². The van der Waals surface area contributed by atoms with Gasteiger partial charge in [-0.05, 0) is 61.1 Å². The molecule has 0 bridgehead atoms. The first-order valence-electron chi connectivity index (χ1n) is 10.3. The van der Waals surface area contributed by atoms with Crippen molar-refractivity contribution in [1.82, 2.24) is 14.9 Å². The average Bonchev–Trinajstić information content (AvgIpc) is 3.35. The lowest BCUT2D eigenvalue weighted by Crippen LogP contribution is -2.48. The number of nitrogens with zero attached hydrogens (tertiary/aromatic N) is 3. The highest BCUT2D eigenvalue weighted by Crippen LogP contribution is 2.35. The number of rotatable bonds is 7. The quantitative estimate of drug-likeness (QED) is 0.303. The van der Waals surface area contributed by atoms with Crippen molar-refractivity contribution in [3.05, 3.63) is 89.1 Å². The number of methoxy groups -OCH3 is 1. The molecule has 7 nitrogen and oxygen atoms in total.